The fourth-order valence-corrected chi connectivity index (χ4v) is 6.51. The number of nitrogens with zero attached hydrogens (tertiary/aromatic N) is 3. The molecule has 35 heavy (non-hydrogen) atoms. The van der Waals surface area contributed by atoms with Crippen LogP contribution < -0.4 is 4.72 Å². The van der Waals surface area contributed by atoms with E-state index < -0.39 is 10.0 Å². The largest absolute Gasteiger partial charge is 0.340 e. The number of carbonyl (C=O) groups excluding carboxylic acids is 1. The molecule has 1 unspecified atom stereocenters. The number of thioether (sulfide) groups is 1. The van der Waals surface area contributed by atoms with Crippen LogP contribution in [0.5, 0.6) is 0 Å². The van der Waals surface area contributed by atoms with E-state index in [2.05, 4.69) is 9.62 Å². The first-order chi connectivity index (χ1) is 16.7. The van der Waals surface area contributed by atoms with Crippen molar-refractivity contribution in [2.24, 2.45) is 4.99 Å². The summed E-state index contributed by atoms with van der Waals surface area (Å²) in [7, 11) is -3.69. The molecule has 2 aromatic rings. The lowest BCUT2D eigenvalue weighted by Crippen LogP contribution is -2.45. The summed E-state index contributed by atoms with van der Waals surface area (Å²) in [6, 6.07) is 13.8. The minimum Gasteiger partial charge on any atom is -0.340 e. The van der Waals surface area contributed by atoms with E-state index in [-0.39, 0.29) is 16.8 Å². The van der Waals surface area contributed by atoms with Crippen LogP contribution in [-0.4, -0.2) is 54.7 Å². The molecule has 0 saturated carbocycles. The smallest absolute Gasteiger partial charge is 0.261 e. The van der Waals surface area contributed by atoms with Crippen LogP contribution in [-0.2, 0) is 14.8 Å². The van der Waals surface area contributed by atoms with Crippen molar-refractivity contribution in [2.75, 3.05) is 30.1 Å². The second-order valence-electron chi connectivity index (χ2n) is 8.71. The SMILES string of the molecule is CCN(CC)C(=O)C1=C(C)N=C2SCCCN2C1c1ccc(NS(=O)(=O)c2ccc(C)cc2)cc1. The number of amidine groups is 1. The number of rotatable bonds is 7. The maximum absolute atomic E-state index is 13.5. The number of hydrogen-bond acceptors (Lipinski definition) is 6. The topological polar surface area (TPSA) is 82.1 Å². The van der Waals surface area contributed by atoms with Gasteiger partial charge in [-0.05, 0) is 63.9 Å². The van der Waals surface area contributed by atoms with Gasteiger partial charge in [-0.2, -0.15) is 0 Å². The molecule has 186 valence electrons. The molecular weight excluding hydrogens is 480 g/mol. The van der Waals surface area contributed by atoms with Crippen molar-refractivity contribution in [3.05, 3.63) is 70.9 Å². The number of sulfonamides is 1. The fraction of sp³-hybridized carbons (Fsp3) is 0.385. The number of fused-ring (bicyclic) bond motifs is 1. The molecule has 7 nitrogen and oxygen atoms in total. The molecule has 1 N–H and O–H groups in total. The first kappa shape index (κ1) is 25.3. The van der Waals surface area contributed by atoms with Crippen molar-refractivity contribution in [1.82, 2.24) is 9.80 Å². The van der Waals surface area contributed by atoms with Crippen LogP contribution in [0.2, 0.25) is 0 Å². The molecule has 0 spiro atoms. The molecule has 2 heterocycles. The monoisotopic (exact) mass is 512 g/mol. The zero-order valence-electron chi connectivity index (χ0n) is 20.6. The van der Waals surface area contributed by atoms with Gasteiger partial charge in [-0.25, -0.2) is 13.4 Å². The van der Waals surface area contributed by atoms with Crippen molar-refractivity contribution in [3.8, 4) is 0 Å². The number of carbonyl (C=O) groups is 1. The standard InChI is InChI=1S/C26H32N4O3S2/c1-5-29(6-2)25(31)23-19(4)27-26-30(16-7-17-34-26)24(23)20-10-12-21(13-11-20)28-35(32,33)22-14-8-18(3)9-15-22/h8-15,24,28H,5-7,16-17H2,1-4H3. The van der Waals surface area contributed by atoms with Gasteiger partial charge in [-0.15, -0.1) is 0 Å². The van der Waals surface area contributed by atoms with Crippen molar-refractivity contribution in [1.29, 1.82) is 0 Å². The lowest BCUT2D eigenvalue weighted by molar-refractivity contribution is -0.127. The van der Waals surface area contributed by atoms with Gasteiger partial charge in [-0.3, -0.25) is 9.52 Å². The van der Waals surface area contributed by atoms with Crippen molar-refractivity contribution >= 4 is 38.5 Å². The molecular formula is C26H32N4O3S2. The van der Waals surface area contributed by atoms with Crippen LogP contribution in [0, 0.1) is 6.92 Å². The van der Waals surface area contributed by atoms with Gasteiger partial charge in [0.05, 0.1) is 22.2 Å². The Bertz CT molecular complexity index is 1250. The molecule has 0 bridgehead atoms. The van der Waals surface area contributed by atoms with Crippen molar-refractivity contribution in [3.63, 3.8) is 0 Å². The first-order valence-electron chi connectivity index (χ1n) is 11.9. The lowest BCUT2D eigenvalue weighted by atomic mass is 9.93. The second-order valence-corrected chi connectivity index (χ2v) is 11.5. The Morgan fingerprint density at radius 1 is 1.09 bits per heavy atom. The zero-order chi connectivity index (χ0) is 25.2. The van der Waals surface area contributed by atoms with Gasteiger partial charge in [0, 0.05) is 31.1 Å². The maximum Gasteiger partial charge on any atom is 0.261 e. The normalized spacial score (nSPS) is 18.1. The van der Waals surface area contributed by atoms with Crippen LogP contribution in [0.3, 0.4) is 0 Å². The molecule has 2 aliphatic rings. The van der Waals surface area contributed by atoms with Gasteiger partial charge in [-0.1, -0.05) is 41.6 Å². The van der Waals surface area contributed by atoms with Crippen LogP contribution >= 0.6 is 11.8 Å². The molecule has 2 aromatic carbocycles. The summed E-state index contributed by atoms with van der Waals surface area (Å²) < 4.78 is 28.3. The predicted octanol–water partition coefficient (Wildman–Crippen LogP) is 4.79. The Morgan fingerprint density at radius 2 is 1.74 bits per heavy atom. The third kappa shape index (κ3) is 5.26. The van der Waals surface area contributed by atoms with Crippen LogP contribution in [0.1, 0.15) is 44.4 Å². The van der Waals surface area contributed by atoms with Gasteiger partial charge in [0.1, 0.15) is 0 Å². The van der Waals surface area contributed by atoms with E-state index in [1.165, 1.54) is 0 Å². The molecule has 1 atom stereocenters. The highest BCUT2D eigenvalue weighted by Crippen LogP contribution is 2.40. The van der Waals surface area contributed by atoms with E-state index in [0.717, 1.165) is 40.7 Å². The number of aryl methyl sites for hydroxylation is 1. The minimum absolute atomic E-state index is 0.0000221. The molecule has 1 fully saturated rings. The molecule has 1 saturated heterocycles. The number of anilines is 1. The van der Waals surface area contributed by atoms with Gasteiger partial charge in [0.2, 0.25) is 0 Å². The number of benzene rings is 2. The summed E-state index contributed by atoms with van der Waals surface area (Å²) in [5.74, 6) is 1.01. The Labute approximate surface area is 212 Å². The van der Waals surface area contributed by atoms with Gasteiger partial charge < -0.3 is 9.80 Å². The van der Waals surface area contributed by atoms with Crippen LogP contribution in [0.4, 0.5) is 5.69 Å². The Morgan fingerprint density at radius 3 is 2.37 bits per heavy atom. The lowest BCUT2D eigenvalue weighted by Gasteiger charge is -2.41. The van der Waals surface area contributed by atoms with E-state index in [9.17, 15) is 13.2 Å². The van der Waals surface area contributed by atoms with E-state index in [0.29, 0.717) is 24.4 Å². The summed E-state index contributed by atoms with van der Waals surface area (Å²) in [5, 5.41) is 0.944. The highest BCUT2D eigenvalue weighted by atomic mass is 32.2. The average Bonchev–Trinajstić information content (AvgIpc) is 2.84. The Kier molecular flexibility index (Phi) is 7.56. The zero-order valence-corrected chi connectivity index (χ0v) is 22.2. The van der Waals surface area contributed by atoms with E-state index in [1.54, 1.807) is 48.2 Å². The van der Waals surface area contributed by atoms with E-state index >= 15 is 0 Å². The summed E-state index contributed by atoms with van der Waals surface area (Å²) >= 11 is 1.72. The second kappa shape index (κ2) is 10.5. The molecule has 0 aliphatic carbocycles. The minimum atomic E-state index is -3.69. The molecule has 9 heteroatoms. The molecule has 1 amide bonds. The summed E-state index contributed by atoms with van der Waals surface area (Å²) in [4.78, 5) is 22.6. The number of aliphatic imine (C=N–C) groups is 1. The number of allylic oxidation sites excluding steroid dienone is 1. The Balaban J connectivity index is 1.66. The number of nitrogens with one attached hydrogen (secondary N) is 1. The Hall–Kier alpha value is -2.78. The highest BCUT2D eigenvalue weighted by molar-refractivity contribution is 8.13. The average molecular weight is 513 g/mol. The van der Waals surface area contributed by atoms with Crippen LogP contribution in [0.15, 0.2) is 69.7 Å². The quantitative estimate of drug-likeness (QED) is 0.577. The van der Waals surface area contributed by atoms with Gasteiger partial charge >= 0.3 is 0 Å². The van der Waals surface area contributed by atoms with Crippen LogP contribution in [0.25, 0.3) is 0 Å². The number of likely N-dealkylation sites (N-methyl/N-ethyl adjacent to an activating group) is 1. The highest BCUT2D eigenvalue weighted by Gasteiger charge is 2.38. The van der Waals surface area contributed by atoms with E-state index in [1.807, 2.05) is 44.7 Å². The number of amides is 1. The summed E-state index contributed by atoms with van der Waals surface area (Å²) in [5.41, 5.74) is 3.85. The first-order valence-corrected chi connectivity index (χ1v) is 14.4. The van der Waals surface area contributed by atoms with Gasteiger partial charge in [0.15, 0.2) is 5.17 Å². The number of hydrogen-bond donors (Lipinski definition) is 1. The molecule has 2 aliphatic heterocycles. The summed E-state index contributed by atoms with van der Waals surface area (Å²) in [6.45, 7) is 9.87. The third-order valence-corrected chi connectivity index (χ3v) is 8.82. The predicted molar refractivity (Wildman–Crippen MR) is 143 cm³/mol. The molecule has 4 rings (SSSR count). The third-order valence-electron chi connectivity index (χ3n) is 6.35. The summed E-state index contributed by atoms with van der Waals surface area (Å²) in [6.07, 6.45) is 1.01. The molecule has 0 aromatic heterocycles. The maximum atomic E-state index is 13.5. The fourth-order valence-electron chi connectivity index (χ4n) is 4.43. The van der Waals surface area contributed by atoms with E-state index in [4.69, 9.17) is 4.99 Å². The van der Waals surface area contributed by atoms with Crippen molar-refractivity contribution in [2.45, 2.75) is 45.1 Å². The van der Waals surface area contributed by atoms with Gasteiger partial charge in [0.25, 0.3) is 15.9 Å². The van der Waals surface area contributed by atoms with Crippen molar-refractivity contribution < 1.29 is 13.2 Å². The molecule has 0 radical (unpaired) electrons.